The topological polar surface area (TPSA) is 83.0 Å². The van der Waals surface area contributed by atoms with Gasteiger partial charge in [0.05, 0.1) is 6.42 Å². The molecule has 0 unspecified atom stereocenters. The van der Waals surface area contributed by atoms with Gasteiger partial charge in [-0.05, 0) is 13.8 Å². The van der Waals surface area contributed by atoms with Crippen LogP contribution in [-0.4, -0.2) is 26.8 Å². The molecule has 6 heteroatoms. The summed E-state index contributed by atoms with van der Waals surface area (Å²) in [7, 11) is 0. The van der Waals surface area contributed by atoms with Crippen molar-refractivity contribution >= 4 is 17.7 Å². The number of aryl methyl sites for hydroxylation is 1. The molecule has 0 spiro atoms. The maximum absolute atomic E-state index is 11.3. The van der Waals surface area contributed by atoms with E-state index in [0.717, 1.165) is 0 Å². The Bertz CT molecular complexity index is 428. The molecular formula is C9H12N2O3S. The number of nitrogens with one attached hydrogen (secondary N) is 1. The number of hydrogen-bond donors (Lipinski definition) is 2. The van der Waals surface area contributed by atoms with E-state index in [-0.39, 0.29) is 12.0 Å². The Balaban J connectivity index is 2.71. The minimum atomic E-state index is -0.853. The molecular weight excluding hydrogens is 216 g/mol. The molecule has 82 valence electrons. The summed E-state index contributed by atoms with van der Waals surface area (Å²) < 4.78 is 0. The molecule has 0 aliphatic heterocycles. The lowest BCUT2D eigenvalue weighted by Crippen LogP contribution is -2.14. The number of carboxylic acids is 1. The average molecular weight is 228 g/mol. The number of carboxylic acid groups (broad SMARTS) is 1. The van der Waals surface area contributed by atoms with Crippen LogP contribution in [0.4, 0.5) is 0 Å². The molecule has 0 saturated carbocycles. The van der Waals surface area contributed by atoms with Crippen LogP contribution in [0.1, 0.15) is 17.7 Å². The summed E-state index contributed by atoms with van der Waals surface area (Å²) in [6, 6.07) is 0. The maximum atomic E-state index is 11.3. The van der Waals surface area contributed by atoms with Crippen LogP contribution in [-0.2, 0) is 4.79 Å². The van der Waals surface area contributed by atoms with Gasteiger partial charge in [-0.3, -0.25) is 9.59 Å². The molecule has 1 heterocycles. The van der Waals surface area contributed by atoms with E-state index in [4.69, 9.17) is 5.11 Å². The summed E-state index contributed by atoms with van der Waals surface area (Å²) in [5.74, 6) is -0.450. The molecule has 15 heavy (non-hydrogen) atoms. The number of aromatic nitrogens is 2. The van der Waals surface area contributed by atoms with Gasteiger partial charge in [0.1, 0.15) is 0 Å². The van der Waals surface area contributed by atoms with Crippen molar-refractivity contribution in [2.75, 3.05) is 5.75 Å². The predicted octanol–water partition coefficient (Wildman–Crippen LogP) is 0.954. The predicted molar refractivity (Wildman–Crippen MR) is 57.3 cm³/mol. The van der Waals surface area contributed by atoms with Crippen molar-refractivity contribution in [1.82, 2.24) is 9.97 Å². The third kappa shape index (κ3) is 3.39. The Morgan fingerprint density at radius 3 is 2.73 bits per heavy atom. The normalized spacial score (nSPS) is 10.3. The van der Waals surface area contributed by atoms with Crippen molar-refractivity contribution in [2.24, 2.45) is 0 Å². The highest BCUT2D eigenvalue weighted by Gasteiger charge is 2.05. The quantitative estimate of drug-likeness (QED) is 0.592. The zero-order chi connectivity index (χ0) is 11.4. The lowest BCUT2D eigenvalue weighted by molar-refractivity contribution is -0.136. The third-order valence-electron chi connectivity index (χ3n) is 1.93. The fraction of sp³-hybridized carbons (Fsp3) is 0.444. The van der Waals surface area contributed by atoms with Crippen molar-refractivity contribution < 1.29 is 9.90 Å². The van der Waals surface area contributed by atoms with Crippen LogP contribution in [0.25, 0.3) is 0 Å². The minimum absolute atomic E-state index is 0.0568. The highest BCUT2D eigenvalue weighted by Crippen LogP contribution is 2.13. The van der Waals surface area contributed by atoms with Crippen molar-refractivity contribution in [1.29, 1.82) is 0 Å². The third-order valence-corrected chi connectivity index (χ3v) is 2.80. The smallest absolute Gasteiger partial charge is 0.304 e. The van der Waals surface area contributed by atoms with Crippen LogP contribution in [0.5, 0.6) is 0 Å². The van der Waals surface area contributed by atoms with Gasteiger partial charge in [0.2, 0.25) is 0 Å². The largest absolute Gasteiger partial charge is 0.481 e. The van der Waals surface area contributed by atoms with E-state index in [1.54, 1.807) is 13.8 Å². The molecule has 1 aromatic heterocycles. The van der Waals surface area contributed by atoms with Gasteiger partial charge < -0.3 is 10.1 Å². The van der Waals surface area contributed by atoms with E-state index < -0.39 is 5.97 Å². The summed E-state index contributed by atoms with van der Waals surface area (Å²) in [6.45, 7) is 3.46. The molecule has 0 radical (unpaired) electrons. The van der Waals surface area contributed by atoms with Gasteiger partial charge in [0.25, 0.3) is 5.56 Å². The van der Waals surface area contributed by atoms with Crippen molar-refractivity contribution in [3.05, 3.63) is 21.6 Å². The number of H-pyrrole nitrogens is 1. The molecule has 2 N–H and O–H groups in total. The Kier molecular flexibility index (Phi) is 3.90. The first-order valence-electron chi connectivity index (χ1n) is 4.43. The highest BCUT2D eigenvalue weighted by molar-refractivity contribution is 7.99. The molecule has 0 aliphatic rings. The summed E-state index contributed by atoms with van der Waals surface area (Å²) >= 11 is 1.24. The SMILES string of the molecule is Cc1nc(SCCC(=O)O)[nH]c(=O)c1C. The van der Waals surface area contributed by atoms with E-state index in [1.165, 1.54) is 11.8 Å². The van der Waals surface area contributed by atoms with Gasteiger partial charge in [0.15, 0.2) is 5.16 Å². The van der Waals surface area contributed by atoms with Crippen LogP contribution in [0.15, 0.2) is 9.95 Å². The molecule has 1 aromatic rings. The minimum Gasteiger partial charge on any atom is -0.481 e. The molecule has 0 fully saturated rings. The monoisotopic (exact) mass is 228 g/mol. The van der Waals surface area contributed by atoms with E-state index in [1.807, 2.05) is 0 Å². The first-order valence-corrected chi connectivity index (χ1v) is 5.41. The van der Waals surface area contributed by atoms with Crippen molar-refractivity contribution in [2.45, 2.75) is 25.4 Å². The molecule has 0 aliphatic carbocycles. The number of hydrogen-bond acceptors (Lipinski definition) is 4. The molecule has 0 bridgehead atoms. The Labute approximate surface area is 90.9 Å². The Morgan fingerprint density at radius 1 is 1.53 bits per heavy atom. The maximum Gasteiger partial charge on any atom is 0.304 e. The highest BCUT2D eigenvalue weighted by atomic mass is 32.2. The zero-order valence-electron chi connectivity index (χ0n) is 8.53. The van der Waals surface area contributed by atoms with Crippen LogP contribution >= 0.6 is 11.8 Å². The van der Waals surface area contributed by atoms with Crippen molar-refractivity contribution in [3.8, 4) is 0 Å². The van der Waals surface area contributed by atoms with Gasteiger partial charge in [-0.15, -0.1) is 0 Å². The van der Waals surface area contributed by atoms with Gasteiger partial charge in [0, 0.05) is 17.0 Å². The lowest BCUT2D eigenvalue weighted by atomic mass is 10.3. The number of nitrogens with zero attached hydrogens (tertiary/aromatic N) is 1. The van der Waals surface area contributed by atoms with Crippen LogP contribution in [0, 0.1) is 13.8 Å². The fourth-order valence-electron chi connectivity index (χ4n) is 0.923. The van der Waals surface area contributed by atoms with E-state index in [2.05, 4.69) is 9.97 Å². The van der Waals surface area contributed by atoms with Crippen LogP contribution in [0.2, 0.25) is 0 Å². The molecule has 1 rings (SSSR count). The second kappa shape index (κ2) is 4.97. The molecule has 0 aromatic carbocycles. The second-order valence-corrected chi connectivity index (χ2v) is 4.16. The number of rotatable bonds is 4. The number of aromatic amines is 1. The molecule has 0 saturated heterocycles. The van der Waals surface area contributed by atoms with Gasteiger partial charge >= 0.3 is 5.97 Å². The Morgan fingerprint density at radius 2 is 2.20 bits per heavy atom. The van der Waals surface area contributed by atoms with E-state index >= 15 is 0 Å². The van der Waals surface area contributed by atoms with Crippen LogP contribution in [0.3, 0.4) is 0 Å². The summed E-state index contributed by atoms with van der Waals surface area (Å²) in [5.41, 5.74) is 1.11. The summed E-state index contributed by atoms with van der Waals surface area (Å²) in [5, 5.41) is 8.92. The molecule has 0 atom stereocenters. The van der Waals surface area contributed by atoms with Gasteiger partial charge in [-0.2, -0.15) is 0 Å². The van der Waals surface area contributed by atoms with E-state index in [0.29, 0.717) is 22.2 Å². The summed E-state index contributed by atoms with van der Waals surface area (Å²) in [6.07, 6.45) is 0.0568. The van der Waals surface area contributed by atoms with Crippen molar-refractivity contribution in [3.63, 3.8) is 0 Å². The number of carbonyl (C=O) groups is 1. The van der Waals surface area contributed by atoms with Gasteiger partial charge in [-0.1, -0.05) is 11.8 Å². The second-order valence-electron chi connectivity index (χ2n) is 3.07. The first-order chi connectivity index (χ1) is 7.00. The standard InChI is InChI=1S/C9H12N2O3S/c1-5-6(2)10-9(11-8(5)14)15-4-3-7(12)13/h3-4H2,1-2H3,(H,12,13)(H,10,11,14). The molecule has 5 nitrogen and oxygen atoms in total. The lowest BCUT2D eigenvalue weighted by Gasteiger charge is -2.02. The number of thioether (sulfide) groups is 1. The fourth-order valence-corrected chi connectivity index (χ4v) is 1.76. The first kappa shape index (κ1) is 11.8. The average Bonchev–Trinajstić information content (AvgIpc) is 2.13. The zero-order valence-corrected chi connectivity index (χ0v) is 9.35. The van der Waals surface area contributed by atoms with E-state index in [9.17, 15) is 9.59 Å². The van der Waals surface area contributed by atoms with Crippen LogP contribution < -0.4 is 5.56 Å². The summed E-state index contributed by atoms with van der Waals surface area (Å²) in [4.78, 5) is 28.3. The Hall–Kier alpha value is -1.30. The molecule has 0 amide bonds. The van der Waals surface area contributed by atoms with Gasteiger partial charge in [-0.25, -0.2) is 4.98 Å². The number of aliphatic carboxylic acids is 1.